The average molecular weight is 977 g/mol. The number of nitro groups is 1. The molecule has 0 saturated heterocycles. The number of carboxylic acid groups (broad SMARTS) is 1. The van der Waals surface area contributed by atoms with Gasteiger partial charge in [0.25, 0.3) is 5.69 Å². The molecule has 0 radical (unpaired) electrons. The van der Waals surface area contributed by atoms with Crippen molar-refractivity contribution in [3.63, 3.8) is 0 Å². The highest BCUT2D eigenvalue weighted by molar-refractivity contribution is 7.94. The normalized spacial score (nSPS) is 12.1. The molecule has 0 heterocycles. The van der Waals surface area contributed by atoms with Crippen molar-refractivity contribution in [2.45, 2.75) is 52.8 Å². The van der Waals surface area contributed by atoms with Gasteiger partial charge < -0.3 is 38.4 Å². The van der Waals surface area contributed by atoms with Gasteiger partial charge in [0.2, 0.25) is 5.91 Å². The van der Waals surface area contributed by atoms with Crippen molar-refractivity contribution in [1.29, 1.82) is 0 Å². The molecule has 3 rings (SSSR count). The van der Waals surface area contributed by atoms with E-state index >= 15 is 0 Å². The van der Waals surface area contributed by atoms with Crippen LogP contribution < -0.4 is 19.8 Å². The summed E-state index contributed by atoms with van der Waals surface area (Å²) in [5, 5.41) is 20.8. The van der Waals surface area contributed by atoms with Crippen molar-refractivity contribution in [1.82, 2.24) is 5.32 Å². The van der Waals surface area contributed by atoms with Gasteiger partial charge in [-0.2, -0.15) is 13.2 Å². The molecule has 3 aromatic carbocycles. The minimum Gasteiger partial charge on any atom is -0.778 e. The van der Waals surface area contributed by atoms with Crippen molar-refractivity contribution in [2.24, 2.45) is 0 Å². The van der Waals surface area contributed by atoms with Crippen molar-refractivity contribution in [2.75, 3.05) is 62.8 Å². The maximum absolute atomic E-state index is 12.8. The number of nitrogens with one attached hydrogen (secondary N) is 1. The molecule has 63 heavy (non-hydrogen) atoms. The lowest BCUT2D eigenvalue weighted by Crippen LogP contribution is -2.35. The number of methoxy groups -OCH3 is 1. The zero-order chi connectivity index (χ0) is 48.7. The highest BCUT2D eigenvalue weighted by atomic mass is 35.5. The lowest BCUT2D eigenvalue weighted by Gasteiger charge is -2.26. The number of carbonyl (C=O) groups is 4. The van der Waals surface area contributed by atoms with Gasteiger partial charge in [-0.05, 0) is 73.0 Å². The number of carboxylic acids is 1. The van der Waals surface area contributed by atoms with E-state index in [-0.39, 0.29) is 41.6 Å². The summed E-state index contributed by atoms with van der Waals surface area (Å²) >= 11 is 11.5. The Morgan fingerprint density at radius 2 is 1.59 bits per heavy atom. The second kappa shape index (κ2) is 29.1. The molecule has 2 unspecified atom stereocenters. The summed E-state index contributed by atoms with van der Waals surface area (Å²) in [6.45, 7) is 6.72. The summed E-state index contributed by atoms with van der Waals surface area (Å²) in [5.41, 5.74) is 1.07. The SMILES string of the molecule is CCOC(=O)C(C)OC(=O)c1cc(Oc2ccc(C(F)(F)F)cc2Cl)ccc1[N+](=O)[O-].CCc1cccc(CC)c1N(COC)C(=O)CCl.C[S+](C)C.O=C(O)CNCP(=O)([O-])O. The van der Waals surface area contributed by atoms with Crippen molar-refractivity contribution in [3.05, 3.63) is 92.0 Å². The molecule has 0 aliphatic rings. The molecule has 0 aliphatic carbocycles. The van der Waals surface area contributed by atoms with E-state index in [4.69, 9.17) is 52.1 Å². The number of anilines is 1. The van der Waals surface area contributed by atoms with Crippen LogP contribution in [0.4, 0.5) is 24.5 Å². The first-order chi connectivity index (χ1) is 29.3. The molecule has 2 atom stereocenters. The van der Waals surface area contributed by atoms with Crippen molar-refractivity contribution in [3.8, 4) is 11.5 Å². The summed E-state index contributed by atoms with van der Waals surface area (Å²) in [7, 11) is -2.13. The van der Waals surface area contributed by atoms with Crippen LogP contribution in [0, 0.1) is 10.1 Å². The molecule has 0 aromatic heterocycles. The van der Waals surface area contributed by atoms with Gasteiger partial charge >= 0.3 is 24.1 Å². The van der Waals surface area contributed by atoms with Crippen LogP contribution in [-0.4, -0.2) is 103 Å². The number of aryl methyl sites for hydroxylation is 2. The Balaban J connectivity index is 0.00000100. The number of benzene rings is 3. The number of carbonyl (C=O) groups excluding carboxylic acids is 3. The van der Waals surface area contributed by atoms with Gasteiger partial charge in [-0.25, -0.2) is 9.59 Å². The summed E-state index contributed by atoms with van der Waals surface area (Å²) in [6.07, 6.45) is 1.68. The van der Waals surface area contributed by atoms with E-state index in [0.29, 0.717) is 17.0 Å². The summed E-state index contributed by atoms with van der Waals surface area (Å²) < 4.78 is 68.3. The summed E-state index contributed by atoms with van der Waals surface area (Å²) in [5.74, 6) is -3.70. The molecule has 0 saturated carbocycles. The minimum absolute atomic E-state index is 0.0371. The Hall–Kier alpha value is -4.47. The number of aliphatic carboxylic acids is 1. The van der Waals surface area contributed by atoms with Crippen molar-refractivity contribution < 1.29 is 75.7 Å². The third-order valence-electron chi connectivity index (χ3n) is 7.27. The molecule has 17 nitrogen and oxygen atoms in total. The Morgan fingerprint density at radius 1 is 1.02 bits per heavy atom. The smallest absolute Gasteiger partial charge is 0.416 e. The van der Waals surface area contributed by atoms with Gasteiger partial charge in [-0.1, -0.05) is 43.6 Å². The number of nitrogens with zero attached hydrogens (tertiary/aromatic N) is 2. The molecule has 24 heteroatoms. The predicted molar refractivity (Wildman–Crippen MR) is 232 cm³/mol. The van der Waals surface area contributed by atoms with Gasteiger partial charge in [-0.15, -0.1) is 11.6 Å². The number of alkyl halides is 4. The number of para-hydroxylation sites is 1. The van der Waals surface area contributed by atoms with Crippen LogP contribution in [0.3, 0.4) is 0 Å². The second-order valence-corrected chi connectivity index (χ2v) is 17.5. The molecule has 3 N–H and O–H groups in total. The predicted octanol–water partition coefficient (Wildman–Crippen LogP) is 6.81. The number of rotatable bonds is 17. The number of halogens is 5. The average Bonchev–Trinajstić information content (AvgIpc) is 3.19. The van der Waals surface area contributed by atoms with Gasteiger partial charge in [0, 0.05) is 19.2 Å². The van der Waals surface area contributed by atoms with Crippen LogP contribution in [0.25, 0.3) is 0 Å². The number of amides is 1. The fraction of sp³-hybridized carbons (Fsp3) is 0.436. The Bertz CT molecular complexity index is 2000. The van der Waals surface area contributed by atoms with Gasteiger partial charge in [0.1, 0.15) is 37.3 Å². The zero-order valence-electron chi connectivity index (χ0n) is 35.7. The summed E-state index contributed by atoms with van der Waals surface area (Å²) in [4.78, 5) is 75.7. The summed E-state index contributed by atoms with van der Waals surface area (Å²) in [6, 6.07) is 11.5. The van der Waals surface area contributed by atoms with E-state index in [0.717, 1.165) is 60.0 Å². The third kappa shape index (κ3) is 22.6. The van der Waals surface area contributed by atoms with Crippen LogP contribution >= 0.6 is 30.8 Å². The first-order valence-corrected chi connectivity index (χ1v) is 23.5. The number of nitro benzene ring substituents is 1. The molecule has 0 bridgehead atoms. The first kappa shape index (κ1) is 58.5. The fourth-order valence-corrected chi connectivity index (χ4v) is 5.41. The molecule has 352 valence electrons. The fourth-order valence-electron chi connectivity index (χ4n) is 4.65. The number of esters is 2. The molecule has 3 aromatic rings. The van der Waals surface area contributed by atoms with Gasteiger partial charge in [0.15, 0.2) is 6.10 Å². The monoisotopic (exact) mass is 975 g/mol. The quantitative estimate of drug-likeness (QED) is 0.0239. The molecule has 0 spiro atoms. The molecule has 0 aliphatic heterocycles. The van der Waals surface area contributed by atoms with Gasteiger partial charge in [0.05, 0.1) is 59.4 Å². The zero-order valence-corrected chi connectivity index (χ0v) is 38.9. The van der Waals surface area contributed by atoms with E-state index in [1.807, 2.05) is 23.5 Å². The maximum Gasteiger partial charge on any atom is 0.416 e. The van der Waals surface area contributed by atoms with E-state index in [2.05, 4.69) is 32.6 Å². The van der Waals surface area contributed by atoms with Gasteiger partial charge in [-0.3, -0.25) is 29.9 Å². The third-order valence-corrected chi connectivity index (χ3v) is 8.42. The Kier molecular flexibility index (Phi) is 27.0. The molecule has 1 amide bonds. The molecular formula is C39H51Cl2F3N3O14PS. The van der Waals surface area contributed by atoms with Crippen LogP contribution in [-0.2, 0) is 63.1 Å². The van der Waals surface area contributed by atoms with E-state index < -0.39 is 72.4 Å². The molecular weight excluding hydrogens is 925 g/mol. The first-order valence-electron chi connectivity index (χ1n) is 18.4. The second-order valence-electron chi connectivity index (χ2n) is 12.8. The van der Waals surface area contributed by atoms with Crippen LogP contribution in [0.1, 0.15) is 54.7 Å². The van der Waals surface area contributed by atoms with Crippen LogP contribution in [0.2, 0.25) is 5.02 Å². The number of ether oxygens (including phenoxy) is 4. The number of hydrogen-bond acceptors (Lipinski definition) is 13. The highest BCUT2D eigenvalue weighted by Crippen LogP contribution is 2.37. The maximum atomic E-state index is 12.8. The van der Waals surface area contributed by atoms with E-state index in [1.54, 1.807) is 18.9 Å². The van der Waals surface area contributed by atoms with E-state index in [1.165, 1.54) is 6.92 Å². The minimum atomic E-state index is -4.61. The lowest BCUT2D eigenvalue weighted by atomic mass is 10.0. The van der Waals surface area contributed by atoms with E-state index in [9.17, 15) is 51.9 Å². The largest absolute Gasteiger partial charge is 0.778 e. The standard InChI is InChI=1S/C19H15ClF3NO7.C14H20ClNO2.C3H8NO5P.C3H9S/c1-3-29-17(25)10(2)30-18(26)13-9-12(5-6-15(13)24(27)28)31-16-7-4-11(8-14(16)20)19(21,22)23;1-4-11-7-6-8-12(5-2)14(11)16(10-18-3)13(17)9-15;5-3(6)1-4-2-10(7,8)9;1-4(2)3/h4-10H,3H2,1-2H3;6-8H,4-5,9-10H2,1-3H3;4H,1-2H2,(H,5,6)(H2,7,8,9);1-3H3/q;;;+1/p-1. The van der Waals surface area contributed by atoms with Crippen molar-refractivity contribution >= 4 is 76.9 Å². The topological polar surface area (TPSA) is 244 Å². The van der Waals surface area contributed by atoms with Crippen LogP contribution in [0.5, 0.6) is 11.5 Å². The molecule has 0 fully saturated rings. The highest BCUT2D eigenvalue weighted by Gasteiger charge is 2.31. The Morgan fingerprint density at radius 3 is 2.02 bits per heavy atom. The van der Waals surface area contributed by atoms with Crippen LogP contribution in [0.15, 0.2) is 54.6 Å². The number of hydrogen-bond donors (Lipinski definition) is 3. The lowest BCUT2D eigenvalue weighted by molar-refractivity contribution is -0.385. The Labute approximate surface area is 375 Å².